The number of carboxylic acids is 1. The molecule has 0 aromatic heterocycles. The first kappa shape index (κ1) is 15.6. The highest BCUT2D eigenvalue weighted by molar-refractivity contribution is 7.89. The summed E-state index contributed by atoms with van der Waals surface area (Å²) in [5, 5.41) is 9.28. The minimum Gasteiger partial charge on any atom is -0.481 e. The molecule has 2 rings (SSSR count). The molecular formula is C12H13Cl2NO4S. The third-order valence-electron chi connectivity index (χ3n) is 3.23. The average molecular weight is 338 g/mol. The van der Waals surface area contributed by atoms with Crippen molar-refractivity contribution < 1.29 is 18.3 Å². The number of carbonyl (C=O) groups is 1. The fraction of sp³-hybridized carbons (Fsp3) is 0.417. The maximum atomic E-state index is 12.5. The van der Waals surface area contributed by atoms with E-state index in [1.807, 2.05) is 0 Å². The molecule has 1 heterocycles. The van der Waals surface area contributed by atoms with Gasteiger partial charge in [-0.3, -0.25) is 4.79 Å². The van der Waals surface area contributed by atoms with Crippen LogP contribution in [0.1, 0.15) is 19.3 Å². The van der Waals surface area contributed by atoms with Crippen molar-refractivity contribution in [2.45, 2.75) is 30.2 Å². The predicted octanol–water partition coefficient (Wildman–Crippen LogP) is 2.62. The number of hydrogen-bond donors (Lipinski definition) is 1. The van der Waals surface area contributed by atoms with Gasteiger partial charge < -0.3 is 5.11 Å². The van der Waals surface area contributed by atoms with Gasteiger partial charge in [0.25, 0.3) is 0 Å². The number of rotatable bonds is 4. The fourth-order valence-electron chi connectivity index (χ4n) is 2.30. The molecule has 20 heavy (non-hydrogen) atoms. The Morgan fingerprint density at radius 2 is 2.05 bits per heavy atom. The molecule has 1 aromatic rings. The molecule has 1 unspecified atom stereocenters. The van der Waals surface area contributed by atoms with Crippen molar-refractivity contribution in [1.29, 1.82) is 0 Å². The number of carboxylic acid groups (broad SMARTS) is 1. The molecule has 1 aromatic carbocycles. The molecule has 0 saturated carbocycles. The molecule has 5 nitrogen and oxygen atoms in total. The van der Waals surface area contributed by atoms with Gasteiger partial charge >= 0.3 is 5.97 Å². The Labute approximate surface area is 127 Å². The summed E-state index contributed by atoms with van der Waals surface area (Å²) in [5.41, 5.74) is 0. The highest BCUT2D eigenvalue weighted by Crippen LogP contribution is 2.31. The fourth-order valence-corrected chi connectivity index (χ4v) is 4.39. The van der Waals surface area contributed by atoms with Crippen LogP contribution in [0.3, 0.4) is 0 Å². The summed E-state index contributed by atoms with van der Waals surface area (Å²) in [5.74, 6) is -1.01. The van der Waals surface area contributed by atoms with Gasteiger partial charge in [0.15, 0.2) is 0 Å². The van der Waals surface area contributed by atoms with Crippen LogP contribution in [-0.4, -0.2) is 36.4 Å². The Hall–Kier alpha value is -0.820. The summed E-state index contributed by atoms with van der Waals surface area (Å²) in [6.45, 7) is 0.320. The zero-order valence-electron chi connectivity index (χ0n) is 10.4. The largest absolute Gasteiger partial charge is 0.481 e. The lowest BCUT2D eigenvalue weighted by Crippen LogP contribution is -2.36. The number of hydrogen-bond acceptors (Lipinski definition) is 3. The molecule has 1 saturated heterocycles. The lowest BCUT2D eigenvalue weighted by Gasteiger charge is -2.23. The van der Waals surface area contributed by atoms with Crippen LogP contribution in [0.5, 0.6) is 0 Å². The van der Waals surface area contributed by atoms with Crippen molar-refractivity contribution in [3.05, 3.63) is 28.2 Å². The lowest BCUT2D eigenvalue weighted by atomic mass is 10.2. The normalized spacial score (nSPS) is 20.2. The third-order valence-corrected chi connectivity index (χ3v) is 5.92. The van der Waals surface area contributed by atoms with Gasteiger partial charge in [-0.05, 0) is 31.0 Å². The van der Waals surface area contributed by atoms with Crippen LogP contribution in [0, 0.1) is 0 Å². The summed E-state index contributed by atoms with van der Waals surface area (Å²) >= 11 is 11.6. The Balaban J connectivity index is 2.33. The summed E-state index contributed by atoms with van der Waals surface area (Å²) in [7, 11) is -3.75. The summed E-state index contributed by atoms with van der Waals surface area (Å²) in [6.07, 6.45) is 1.01. The zero-order chi connectivity index (χ0) is 14.9. The molecule has 0 radical (unpaired) electrons. The Bertz CT molecular complexity index is 632. The Kier molecular flexibility index (Phi) is 4.59. The van der Waals surface area contributed by atoms with Crippen molar-refractivity contribution in [2.24, 2.45) is 0 Å². The van der Waals surface area contributed by atoms with Crippen LogP contribution >= 0.6 is 23.2 Å². The first-order valence-corrected chi connectivity index (χ1v) is 8.20. The van der Waals surface area contributed by atoms with Gasteiger partial charge in [-0.1, -0.05) is 23.2 Å². The van der Waals surface area contributed by atoms with E-state index in [4.69, 9.17) is 28.3 Å². The van der Waals surface area contributed by atoms with Gasteiger partial charge in [-0.15, -0.1) is 0 Å². The maximum absolute atomic E-state index is 12.5. The molecule has 0 aliphatic carbocycles. The van der Waals surface area contributed by atoms with E-state index in [1.165, 1.54) is 22.5 Å². The van der Waals surface area contributed by atoms with Crippen LogP contribution in [-0.2, 0) is 14.8 Å². The van der Waals surface area contributed by atoms with Gasteiger partial charge in [-0.2, -0.15) is 4.31 Å². The van der Waals surface area contributed by atoms with E-state index in [0.29, 0.717) is 19.4 Å². The van der Waals surface area contributed by atoms with Gasteiger partial charge in [0.05, 0.1) is 21.4 Å². The number of sulfonamides is 1. The van der Waals surface area contributed by atoms with Crippen LogP contribution in [0.25, 0.3) is 0 Å². The number of benzene rings is 1. The molecule has 1 fully saturated rings. The molecule has 110 valence electrons. The van der Waals surface area contributed by atoms with Crippen molar-refractivity contribution >= 4 is 39.2 Å². The van der Waals surface area contributed by atoms with Crippen LogP contribution < -0.4 is 0 Å². The molecular weight excluding hydrogens is 325 g/mol. The second-order valence-electron chi connectivity index (χ2n) is 4.59. The van der Waals surface area contributed by atoms with Crippen LogP contribution in [0.2, 0.25) is 10.0 Å². The van der Waals surface area contributed by atoms with E-state index in [-0.39, 0.29) is 21.4 Å². The van der Waals surface area contributed by atoms with Crippen molar-refractivity contribution in [2.75, 3.05) is 6.54 Å². The van der Waals surface area contributed by atoms with E-state index < -0.39 is 22.0 Å². The molecule has 1 N–H and O–H groups in total. The summed E-state index contributed by atoms with van der Waals surface area (Å²) < 4.78 is 26.3. The van der Waals surface area contributed by atoms with Crippen molar-refractivity contribution in [3.8, 4) is 0 Å². The molecule has 1 atom stereocenters. The van der Waals surface area contributed by atoms with E-state index in [9.17, 15) is 13.2 Å². The minimum atomic E-state index is -3.75. The first-order chi connectivity index (χ1) is 9.32. The van der Waals surface area contributed by atoms with E-state index in [2.05, 4.69) is 0 Å². The van der Waals surface area contributed by atoms with Crippen molar-refractivity contribution in [1.82, 2.24) is 4.31 Å². The zero-order valence-corrected chi connectivity index (χ0v) is 12.7. The minimum absolute atomic E-state index is 0.0317. The lowest BCUT2D eigenvalue weighted by molar-refractivity contribution is -0.137. The van der Waals surface area contributed by atoms with E-state index in [0.717, 1.165) is 0 Å². The monoisotopic (exact) mass is 337 g/mol. The average Bonchev–Trinajstić information content (AvgIpc) is 2.80. The van der Waals surface area contributed by atoms with E-state index in [1.54, 1.807) is 0 Å². The predicted molar refractivity (Wildman–Crippen MR) is 75.6 cm³/mol. The summed E-state index contributed by atoms with van der Waals surface area (Å²) in [6, 6.07) is 3.57. The molecule has 0 bridgehead atoms. The third kappa shape index (κ3) is 3.09. The van der Waals surface area contributed by atoms with E-state index >= 15 is 0 Å². The smallest absolute Gasteiger partial charge is 0.304 e. The SMILES string of the molecule is O=C(O)CC1CCCN1S(=O)(=O)c1ccc(Cl)c(Cl)c1. The summed E-state index contributed by atoms with van der Waals surface area (Å²) in [4.78, 5) is 10.8. The topological polar surface area (TPSA) is 74.7 Å². The second-order valence-corrected chi connectivity index (χ2v) is 7.29. The van der Waals surface area contributed by atoms with Crippen LogP contribution in [0.15, 0.2) is 23.1 Å². The molecule has 1 aliphatic heterocycles. The molecule has 0 spiro atoms. The first-order valence-electron chi connectivity index (χ1n) is 6.01. The number of aliphatic carboxylic acids is 1. The molecule has 8 heteroatoms. The second kappa shape index (κ2) is 5.89. The van der Waals surface area contributed by atoms with Gasteiger partial charge in [0.1, 0.15) is 0 Å². The maximum Gasteiger partial charge on any atom is 0.304 e. The van der Waals surface area contributed by atoms with Gasteiger partial charge in [0, 0.05) is 12.6 Å². The Morgan fingerprint density at radius 3 is 2.65 bits per heavy atom. The Morgan fingerprint density at radius 1 is 1.35 bits per heavy atom. The quantitative estimate of drug-likeness (QED) is 0.916. The van der Waals surface area contributed by atoms with Crippen LogP contribution in [0.4, 0.5) is 0 Å². The van der Waals surface area contributed by atoms with Gasteiger partial charge in [-0.25, -0.2) is 8.42 Å². The molecule has 0 amide bonds. The van der Waals surface area contributed by atoms with Crippen molar-refractivity contribution in [3.63, 3.8) is 0 Å². The highest BCUT2D eigenvalue weighted by Gasteiger charge is 2.36. The van der Waals surface area contributed by atoms with Gasteiger partial charge in [0.2, 0.25) is 10.0 Å². The highest BCUT2D eigenvalue weighted by atomic mass is 35.5. The molecule has 1 aliphatic rings. The standard InChI is InChI=1S/C12H13Cl2NO4S/c13-10-4-3-9(7-11(10)14)20(18,19)15-5-1-2-8(15)6-12(16)17/h3-4,7-8H,1-2,5-6H2,(H,16,17). The number of nitrogens with zero attached hydrogens (tertiary/aromatic N) is 1. The number of halogens is 2.